The Balaban J connectivity index is 3.81. The van der Waals surface area contributed by atoms with Crippen LogP contribution in [0.5, 0.6) is 0 Å². The molecule has 0 radical (unpaired) electrons. The smallest absolute Gasteiger partial charge is 0.00837 e. The first-order valence-electron chi connectivity index (χ1n) is 3.18. The molecule has 0 nitrogen and oxygen atoms in total. The lowest BCUT2D eigenvalue weighted by molar-refractivity contribution is 1.02. The van der Waals surface area contributed by atoms with E-state index in [-0.39, 0.29) is 0 Å². The fourth-order valence-electron chi connectivity index (χ4n) is 0.562. The molecular formula is C9H11I. The second-order valence-corrected chi connectivity index (χ2v) is 2.46. The van der Waals surface area contributed by atoms with Gasteiger partial charge in [-0.2, -0.15) is 0 Å². The lowest BCUT2D eigenvalue weighted by atomic mass is 10.2. The average molecular weight is 246 g/mol. The van der Waals surface area contributed by atoms with Gasteiger partial charge in [0.2, 0.25) is 0 Å². The molecule has 0 spiro atoms. The molecule has 0 fully saturated rings. The number of allylic oxidation sites excluding steroid dienone is 2. The predicted molar refractivity (Wildman–Crippen MR) is 55.0 cm³/mol. The van der Waals surface area contributed by atoms with E-state index in [0.29, 0.717) is 0 Å². The molecule has 0 aromatic rings. The minimum Gasteiger partial charge on any atom is -0.103 e. The van der Waals surface area contributed by atoms with Gasteiger partial charge in [0.1, 0.15) is 0 Å². The van der Waals surface area contributed by atoms with Crippen molar-refractivity contribution >= 4 is 22.6 Å². The number of hydrogen-bond acceptors (Lipinski definition) is 0. The van der Waals surface area contributed by atoms with Gasteiger partial charge < -0.3 is 0 Å². The minimum absolute atomic E-state index is 1.02. The predicted octanol–water partition coefficient (Wildman–Crippen LogP) is 3.29. The van der Waals surface area contributed by atoms with Crippen LogP contribution < -0.4 is 0 Å². The van der Waals surface area contributed by atoms with E-state index in [2.05, 4.69) is 41.0 Å². The summed E-state index contributed by atoms with van der Waals surface area (Å²) in [6.45, 7) is 5.50. The second kappa shape index (κ2) is 6.88. The molecule has 0 aromatic heterocycles. The fraction of sp³-hybridized carbons (Fsp3) is 0.333. The third-order valence-corrected chi connectivity index (χ3v) is 1.79. The highest BCUT2D eigenvalue weighted by atomic mass is 127. The number of halogens is 1. The molecule has 0 amide bonds. The van der Waals surface area contributed by atoms with Crippen LogP contribution in [0, 0.1) is 11.8 Å². The van der Waals surface area contributed by atoms with Gasteiger partial charge in [0.05, 0.1) is 0 Å². The van der Waals surface area contributed by atoms with Crippen LogP contribution in [-0.2, 0) is 0 Å². The Labute approximate surface area is 76.5 Å². The number of hydrogen-bond donors (Lipinski definition) is 0. The molecule has 54 valence electrons. The van der Waals surface area contributed by atoms with Crippen LogP contribution in [0.3, 0.4) is 0 Å². The van der Waals surface area contributed by atoms with E-state index in [0.717, 1.165) is 12.8 Å². The van der Waals surface area contributed by atoms with Gasteiger partial charge in [0.25, 0.3) is 0 Å². The Kier molecular flexibility index (Phi) is 6.73. The summed E-state index contributed by atoms with van der Waals surface area (Å²) in [6, 6.07) is 0. The Bertz CT molecular complexity index is 179. The van der Waals surface area contributed by atoms with Crippen molar-refractivity contribution in [1.82, 2.24) is 0 Å². The molecule has 1 heteroatoms. The van der Waals surface area contributed by atoms with Crippen molar-refractivity contribution in [2.45, 2.75) is 19.8 Å². The quantitative estimate of drug-likeness (QED) is 0.407. The minimum atomic E-state index is 1.02. The van der Waals surface area contributed by atoms with E-state index in [4.69, 9.17) is 0 Å². The second-order valence-electron chi connectivity index (χ2n) is 1.84. The van der Waals surface area contributed by atoms with Crippen LogP contribution in [-0.4, -0.2) is 0 Å². The summed E-state index contributed by atoms with van der Waals surface area (Å²) < 4.78 is 2.03. The highest BCUT2D eigenvalue weighted by molar-refractivity contribution is 14.1. The lowest BCUT2D eigenvalue weighted by Crippen LogP contribution is -1.75. The molecule has 0 atom stereocenters. The SMILES string of the molecule is C=CCC/C(C#CC)=C/I. The Hall–Kier alpha value is -0.230. The van der Waals surface area contributed by atoms with Gasteiger partial charge in [-0.1, -0.05) is 34.6 Å². The summed E-state index contributed by atoms with van der Waals surface area (Å²) in [5.41, 5.74) is 1.20. The molecule has 0 unspecified atom stereocenters. The zero-order valence-electron chi connectivity index (χ0n) is 6.15. The van der Waals surface area contributed by atoms with Crippen molar-refractivity contribution in [2.75, 3.05) is 0 Å². The first kappa shape index (κ1) is 9.77. The van der Waals surface area contributed by atoms with Crippen molar-refractivity contribution in [1.29, 1.82) is 0 Å². The summed E-state index contributed by atoms with van der Waals surface area (Å²) in [6.07, 6.45) is 3.95. The Morgan fingerprint density at radius 1 is 1.70 bits per heavy atom. The molecule has 0 aliphatic rings. The summed E-state index contributed by atoms with van der Waals surface area (Å²) >= 11 is 2.21. The van der Waals surface area contributed by atoms with Crippen molar-refractivity contribution < 1.29 is 0 Å². The fourth-order valence-corrected chi connectivity index (χ4v) is 1.03. The van der Waals surface area contributed by atoms with Gasteiger partial charge in [0, 0.05) is 5.57 Å². The standard InChI is InChI=1S/C9H11I/c1-3-5-7-9(8-10)6-4-2/h3,8H,1,5,7H2,2H3/b9-8+. The zero-order chi connectivity index (χ0) is 7.82. The Morgan fingerprint density at radius 3 is 2.80 bits per heavy atom. The molecule has 0 saturated heterocycles. The third kappa shape index (κ3) is 4.63. The Morgan fingerprint density at radius 2 is 2.40 bits per heavy atom. The lowest BCUT2D eigenvalue weighted by Gasteiger charge is -1.91. The molecule has 0 aliphatic heterocycles. The van der Waals surface area contributed by atoms with Gasteiger partial charge in [-0.05, 0) is 23.8 Å². The van der Waals surface area contributed by atoms with Crippen molar-refractivity contribution in [3.63, 3.8) is 0 Å². The summed E-state index contributed by atoms with van der Waals surface area (Å²) in [5.74, 6) is 5.89. The molecule has 0 N–H and O–H groups in total. The first-order chi connectivity index (χ1) is 4.85. The third-order valence-electron chi connectivity index (χ3n) is 1.04. The maximum absolute atomic E-state index is 3.65. The van der Waals surface area contributed by atoms with Crippen LogP contribution in [0.25, 0.3) is 0 Å². The van der Waals surface area contributed by atoms with Crippen LogP contribution in [0.15, 0.2) is 22.3 Å². The van der Waals surface area contributed by atoms with Crippen molar-refractivity contribution in [2.24, 2.45) is 0 Å². The van der Waals surface area contributed by atoms with Gasteiger partial charge in [-0.15, -0.1) is 12.5 Å². The van der Waals surface area contributed by atoms with Crippen molar-refractivity contribution in [3.05, 3.63) is 22.3 Å². The molecule has 10 heavy (non-hydrogen) atoms. The maximum atomic E-state index is 3.65. The van der Waals surface area contributed by atoms with E-state index in [1.54, 1.807) is 0 Å². The maximum Gasteiger partial charge on any atom is 0.00837 e. The molecular weight excluding hydrogens is 235 g/mol. The molecule has 0 saturated carbocycles. The normalized spacial score (nSPS) is 10.0. The highest BCUT2D eigenvalue weighted by Crippen LogP contribution is 2.06. The van der Waals surface area contributed by atoms with Gasteiger partial charge in [-0.3, -0.25) is 0 Å². The van der Waals surface area contributed by atoms with E-state index >= 15 is 0 Å². The molecule has 0 aliphatic carbocycles. The van der Waals surface area contributed by atoms with E-state index in [9.17, 15) is 0 Å². The van der Waals surface area contributed by atoms with Crippen LogP contribution in [0.1, 0.15) is 19.8 Å². The van der Waals surface area contributed by atoms with Crippen LogP contribution >= 0.6 is 22.6 Å². The zero-order valence-corrected chi connectivity index (χ0v) is 8.31. The molecule has 0 heterocycles. The largest absolute Gasteiger partial charge is 0.103 e. The number of rotatable bonds is 3. The molecule has 0 aromatic carbocycles. The summed E-state index contributed by atoms with van der Waals surface area (Å²) in [5, 5.41) is 0. The van der Waals surface area contributed by atoms with Gasteiger partial charge in [-0.25, -0.2) is 0 Å². The van der Waals surface area contributed by atoms with Gasteiger partial charge >= 0.3 is 0 Å². The van der Waals surface area contributed by atoms with E-state index in [1.165, 1.54) is 5.57 Å². The first-order valence-corrected chi connectivity index (χ1v) is 4.42. The monoisotopic (exact) mass is 246 g/mol. The molecule has 0 rings (SSSR count). The van der Waals surface area contributed by atoms with Crippen LogP contribution in [0.2, 0.25) is 0 Å². The van der Waals surface area contributed by atoms with Crippen molar-refractivity contribution in [3.8, 4) is 11.8 Å². The summed E-state index contributed by atoms with van der Waals surface area (Å²) in [4.78, 5) is 0. The van der Waals surface area contributed by atoms with E-state index in [1.807, 2.05) is 17.1 Å². The van der Waals surface area contributed by atoms with Crippen LogP contribution in [0.4, 0.5) is 0 Å². The summed E-state index contributed by atoms with van der Waals surface area (Å²) in [7, 11) is 0. The topological polar surface area (TPSA) is 0 Å². The van der Waals surface area contributed by atoms with E-state index < -0.39 is 0 Å². The molecule has 0 bridgehead atoms. The highest BCUT2D eigenvalue weighted by Gasteiger charge is 1.87. The van der Waals surface area contributed by atoms with Gasteiger partial charge in [0.15, 0.2) is 0 Å². The average Bonchev–Trinajstić information content (AvgIpc) is 1.98.